The summed E-state index contributed by atoms with van der Waals surface area (Å²) in [5.74, 6) is 2.14. The molecule has 0 spiro atoms. The zero-order chi connectivity index (χ0) is 19.5. The minimum Gasteiger partial charge on any atom is -0.439 e. The number of pyridine rings is 1. The van der Waals surface area contributed by atoms with Crippen LogP contribution in [0.2, 0.25) is 0 Å². The van der Waals surface area contributed by atoms with Crippen LogP contribution in [0.25, 0.3) is 10.9 Å². The summed E-state index contributed by atoms with van der Waals surface area (Å²) in [6, 6.07) is 17.8. The van der Waals surface area contributed by atoms with Crippen molar-refractivity contribution in [1.82, 2.24) is 10.3 Å². The highest BCUT2D eigenvalue weighted by Crippen LogP contribution is 2.29. The molecule has 4 rings (SSSR count). The number of benzene rings is 2. The van der Waals surface area contributed by atoms with Crippen molar-refractivity contribution >= 4 is 22.5 Å². The number of nitrogens with zero attached hydrogens (tertiary/aromatic N) is 1. The second kappa shape index (κ2) is 7.89. The third-order valence-corrected chi connectivity index (χ3v) is 4.98. The lowest BCUT2D eigenvalue weighted by molar-refractivity contribution is -0.119. The minimum atomic E-state index is -0.0387. The molecule has 144 valence electrons. The number of rotatable bonds is 7. The highest BCUT2D eigenvalue weighted by Gasteiger charge is 2.20. The quantitative estimate of drug-likeness (QED) is 0.607. The highest BCUT2D eigenvalue weighted by molar-refractivity contribution is 5.80. The molecule has 1 atom stereocenters. The Balaban J connectivity index is 1.44. The van der Waals surface area contributed by atoms with Crippen LogP contribution in [0.4, 0.5) is 5.69 Å². The maximum Gasteiger partial charge on any atom is 0.219 e. The SMILES string of the molecule is CC(=O)NC(C)c1ccc2nc(Oc3ccc(NCC4CC4)cc3)ccc2c1. The molecule has 1 aliphatic rings. The minimum absolute atomic E-state index is 0.0372. The summed E-state index contributed by atoms with van der Waals surface area (Å²) in [6.45, 7) is 4.55. The molecule has 3 aromatic rings. The number of amides is 1. The van der Waals surface area contributed by atoms with Gasteiger partial charge < -0.3 is 15.4 Å². The largest absolute Gasteiger partial charge is 0.439 e. The Kier molecular flexibility index (Phi) is 5.15. The van der Waals surface area contributed by atoms with Gasteiger partial charge in [0.1, 0.15) is 5.75 Å². The average Bonchev–Trinajstić information content (AvgIpc) is 3.51. The standard InChI is InChI=1S/C23H25N3O2/c1-15(25-16(2)27)18-5-11-22-19(13-18)6-12-23(26-22)28-21-9-7-20(8-10-21)24-14-17-3-4-17/h5-13,15,17,24H,3-4,14H2,1-2H3,(H,25,27). The third-order valence-electron chi connectivity index (χ3n) is 4.98. The van der Waals surface area contributed by atoms with Crippen LogP contribution in [0.5, 0.6) is 11.6 Å². The van der Waals surface area contributed by atoms with Crippen LogP contribution in [0.1, 0.15) is 38.3 Å². The number of nitrogens with one attached hydrogen (secondary N) is 2. The van der Waals surface area contributed by atoms with Gasteiger partial charge in [-0.2, -0.15) is 0 Å². The second-order valence-electron chi connectivity index (χ2n) is 7.47. The predicted molar refractivity (Wildman–Crippen MR) is 112 cm³/mol. The van der Waals surface area contributed by atoms with Crippen molar-refractivity contribution in [2.24, 2.45) is 5.92 Å². The molecule has 1 heterocycles. The molecule has 1 aromatic heterocycles. The van der Waals surface area contributed by atoms with Crippen LogP contribution >= 0.6 is 0 Å². The first-order valence-electron chi connectivity index (χ1n) is 9.76. The number of hydrogen-bond donors (Lipinski definition) is 2. The van der Waals surface area contributed by atoms with Crippen molar-refractivity contribution in [2.75, 3.05) is 11.9 Å². The lowest BCUT2D eigenvalue weighted by atomic mass is 10.1. The van der Waals surface area contributed by atoms with Gasteiger partial charge in [0.2, 0.25) is 11.8 Å². The van der Waals surface area contributed by atoms with E-state index in [1.54, 1.807) is 0 Å². The van der Waals surface area contributed by atoms with Crippen LogP contribution < -0.4 is 15.4 Å². The Hall–Kier alpha value is -3.08. The molecule has 2 aromatic carbocycles. The summed E-state index contributed by atoms with van der Waals surface area (Å²) in [6.07, 6.45) is 2.69. The maximum atomic E-state index is 11.3. The summed E-state index contributed by atoms with van der Waals surface area (Å²) < 4.78 is 5.91. The first-order valence-corrected chi connectivity index (χ1v) is 9.76. The Labute approximate surface area is 165 Å². The lowest BCUT2D eigenvalue weighted by Gasteiger charge is -2.13. The number of fused-ring (bicyclic) bond motifs is 1. The van der Waals surface area contributed by atoms with E-state index in [-0.39, 0.29) is 11.9 Å². The fourth-order valence-electron chi connectivity index (χ4n) is 3.19. The molecule has 1 saturated carbocycles. The summed E-state index contributed by atoms with van der Waals surface area (Å²) in [5, 5.41) is 7.37. The van der Waals surface area contributed by atoms with Gasteiger partial charge in [-0.05, 0) is 73.7 Å². The molecule has 0 saturated heterocycles. The van der Waals surface area contributed by atoms with Crippen molar-refractivity contribution in [3.8, 4) is 11.6 Å². The summed E-state index contributed by atoms with van der Waals surface area (Å²) in [5.41, 5.74) is 3.03. The van der Waals surface area contributed by atoms with Gasteiger partial charge in [-0.15, -0.1) is 0 Å². The Morgan fingerprint density at radius 1 is 1.14 bits per heavy atom. The summed E-state index contributed by atoms with van der Waals surface area (Å²) >= 11 is 0. The molecule has 0 aliphatic heterocycles. The normalized spacial score (nSPS) is 14.5. The number of aromatic nitrogens is 1. The van der Waals surface area contributed by atoms with Gasteiger partial charge in [0.05, 0.1) is 11.6 Å². The van der Waals surface area contributed by atoms with E-state index in [0.717, 1.165) is 40.4 Å². The second-order valence-corrected chi connectivity index (χ2v) is 7.47. The first-order chi connectivity index (χ1) is 13.6. The lowest BCUT2D eigenvalue weighted by Crippen LogP contribution is -2.23. The molecule has 1 fully saturated rings. The predicted octanol–water partition coefficient (Wildman–Crippen LogP) is 5.05. The van der Waals surface area contributed by atoms with E-state index in [1.165, 1.54) is 19.8 Å². The topological polar surface area (TPSA) is 63.2 Å². The smallest absolute Gasteiger partial charge is 0.219 e. The van der Waals surface area contributed by atoms with Gasteiger partial charge in [0, 0.05) is 30.6 Å². The zero-order valence-corrected chi connectivity index (χ0v) is 16.2. The average molecular weight is 375 g/mol. The van der Waals surface area contributed by atoms with Crippen LogP contribution in [-0.4, -0.2) is 17.4 Å². The molecule has 1 unspecified atom stereocenters. The van der Waals surface area contributed by atoms with Crippen molar-refractivity contribution in [3.05, 3.63) is 60.2 Å². The van der Waals surface area contributed by atoms with E-state index in [1.807, 2.05) is 61.5 Å². The van der Waals surface area contributed by atoms with E-state index < -0.39 is 0 Å². The summed E-state index contributed by atoms with van der Waals surface area (Å²) in [7, 11) is 0. The van der Waals surface area contributed by atoms with Gasteiger partial charge in [-0.1, -0.05) is 6.07 Å². The van der Waals surface area contributed by atoms with Crippen LogP contribution in [0.3, 0.4) is 0 Å². The van der Waals surface area contributed by atoms with Crippen LogP contribution in [0.15, 0.2) is 54.6 Å². The molecule has 1 amide bonds. The molecule has 5 nitrogen and oxygen atoms in total. The Bertz CT molecular complexity index is 981. The van der Waals surface area contributed by atoms with Crippen LogP contribution in [-0.2, 0) is 4.79 Å². The highest BCUT2D eigenvalue weighted by atomic mass is 16.5. The van der Waals surface area contributed by atoms with E-state index >= 15 is 0 Å². The van der Waals surface area contributed by atoms with E-state index in [2.05, 4.69) is 15.6 Å². The fourth-order valence-corrected chi connectivity index (χ4v) is 3.19. The molecule has 0 radical (unpaired) electrons. The van der Waals surface area contributed by atoms with Gasteiger partial charge in [0.15, 0.2) is 0 Å². The van der Waals surface area contributed by atoms with Crippen molar-refractivity contribution < 1.29 is 9.53 Å². The van der Waals surface area contributed by atoms with Gasteiger partial charge >= 0.3 is 0 Å². The van der Waals surface area contributed by atoms with Crippen molar-refractivity contribution in [1.29, 1.82) is 0 Å². The summed E-state index contributed by atoms with van der Waals surface area (Å²) in [4.78, 5) is 15.9. The molecule has 0 bridgehead atoms. The van der Waals surface area contributed by atoms with E-state index in [0.29, 0.717) is 5.88 Å². The number of ether oxygens (including phenoxy) is 1. The first kappa shape index (κ1) is 18.3. The number of anilines is 1. The monoisotopic (exact) mass is 375 g/mol. The van der Waals surface area contributed by atoms with E-state index in [4.69, 9.17) is 4.74 Å². The number of carbonyl (C=O) groups is 1. The van der Waals surface area contributed by atoms with Crippen LogP contribution in [0, 0.1) is 5.92 Å². The van der Waals surface area contributed by atoms with Crippen molar-refractivity contribution in [2.45, 2.75) is 32.7 Å². The third kappa shape index (κ3) is 4.60. The molecular weight excluding hydrogens is 350 g/mol. The maximum absolute atomic E-state index is 11.3. The molecular formula is C23H25N3O2. The molecule has 1 aliphatic carbocycles. The fraction of sp³-hybridized carbons (Fsp3) is 0.304. The molecule has 2 N–H and O–H groups in total. The Morgan fingerprint density at radius 3 is 2.64 bits per heavy atom. The molecule has 28 heavy (non-hydrogen) atoms. The van der Waals surface area contributed by atoms with E-state index in [9.17, 15) is 4.79 Å². The van der Waals surface area contributed by atoms with Gasteiger partial charge in [-0.3, -0.25) is 4.79 Å². The Morgan fingerprint density at radius 2 is 1.93 bits per heavy atom. The number of hydrogen-bond acceptors (Lipinski definition) is 4. The van der Waals surface area contributed by atoms with Gasteiger partial charge in [0.25, 0.3) is 0 Å². The molecule has 5 heteroatoms. The number of carbonyl (C=O) groups excluding carboxylic acids is 1. The van der Waals surface area contributed by atoms with Crippen molar-refractivity contribution in [3.63, 3.8) is 0 Å². The zero-order valence-electron chi connectivity index (χ0n) is 16.2. The van der Waals surface area contributed by atoms with Gasteiger partial charge in [-0.25, -0.2) is 4.98 Å².